The predicted octanol–water partition coefficient (Wildman–Crippen LogP) is 5.72. The average molecular weight is 463 g/mol. The Bertz CT molecular complexity index is 1130. The number of hydrogen-bond donors (Lipinski definition) is 0. The number of aromatic nitrogens is 5. The van der Waals surface area contributed by atoms with E-state index in [9.17, 15) is 0 Å². The third-order valence-electron chi connectivity index (χ3n) is 6.42. The zero-order valence-corrected chi connectivity index (χ0v) is 21.1. The van der Waals surface area contributed by atoms with Gasteiger partial charge in [0.05, 0.1) is 17.7 Å². The lowest BCUT2D eigenvalue weighted by molar-refractivity contribution is 0.472. The molecular formula is C26H34N6S. The van der Waals surface area contributed by atoms with Crippen molar-refractivity contribution in [2.45, 2.75) is 45.1 Å². The van der Waals surface area contributed by atoms with Crippen LogP contribution in [0.2, 0.25) is 0 Å². The summed E-state index contributed by atoms with van der Waals surface area (Å²) in [5.41, 5.74) is 4.97. The van der Waals surface area contributed by atoms with Gasteiger partial charge in [0.25, 0.3) is 0 Å². The van der Waals surface area contributed by atoms with E-state index in [1.54, 1.807) is 11.8 Å². The van der Waals surface area contributed by atoms with E-state index < -0.39 is 0 Å². The molecule has 33 heavy (non-hydrogen) atoms. The predicted molar refractivity (Wildman–Crippen MR) is 138 cm³/mol. The Balaban J connectivity index is 1.66. The van der Waals surface area contributed by atoms with Gasteiger partial charge in [0.2, 0.25) is 0 Å². The summed E-state index contributed by atoms with van der Waals surface area (Å²) >= 11 is 1.77. The maximum Gasteiger partial charge on any atom is 0.164 e. The molecule has 2 heterocycles. The van der Waals surface area contributed by atoms with Crippen LogP contribution in [-0.4, -0.2) is 44.2 Å². The largest absolute Gasteiger partial charge is 0.372 e. The minimum atomic E-state index is 0.520. The molecule has 3 aromatic rings. The van der Waals surface area contributed by atoms with Crippen LogP contribution in [0.5, 0.6) is 0 Å². The van der Waals surface area contributed by atoms with Gasteiger partial charge in [-0.05, 0) is 61.6 Å². The highest BCUT2D eigenvalue weighted by Gasteiger charge is 2.20. The molecule has 0 radical (unpaired) electrons. The molecule has 0 amide bonds. The van der Waals surface area contributed by atoms with Crippen LogP contribution in [0.1, 0.15) is 39.4 Å². The summed E-state index contributed by atoms with van der Waals surface area (Å²) in [6.07, 6.45) is 16.5. The second kappa shape index (κ2) is 10.4. The van der Waals surface area contributed by atoms with Crippen molar-refractivity contribution in [1.82, 2.24) is 24.3 Å². The molecule has 0 spiro atoms. The molecule has 0 aliphatic heterocycles. The van der Waals surface area contributed by atoms with Gasteiger partial charge in [0.1, 0.15) is 6.33 Å². The molecule has 1 aliphatic rings. The molecule has 2 aromatic heterocycles. The highest BCUT2D eigenvalue weighted by molar-refractivity contribution is 7.98. The highest BCUT2D eigenvalue weighted by atomic mass is 32.2. The van der Waals surface area contributed by atoms with Crippen LogP contribution < -0.4 is 4.90 Å². The van der Waals surface area contributed by atoms with Gasteiger partial charge >= 0.3 is 0 Å². The number of benzene rings is 1. The molecule has 0 bridgehead atoms. The van der Waals surface area contributed by atoms with E-state index >= 15 is 0 Å². The first kappa shape index (κ1) is 23.4. The van der Waals surface area contributed by atoms with E-state index in [-0.39, 0.29) is 0 Å². The van der Waals surface area contributed by atoms with Crippen molar-refractivity contribution in [2.24, 2.45) is 11.8 Å². The van der Waals surface area contributed by atoms with E-state index in [1.165, 1.54) is 21.7 Å². The smallest absolute Gasteiger partial charge is 0.164 e. The van der Waals surface area contributed by atoms with Crippen molar-refractivity contribution in [2.75, 3.05) is 24.7 Å². The number of rotatable bonds is 8. The fourth-order valence-corrected chi connectivity index (χ4v) is 4.92. The molecule has 1 atom stereocenters. The van der Waals surface area contributed by atoms with Crippen molar-refractivity contribution in [3.05, 3.63) is 66.8 Å². The van der Waals surface area contributed by atoms with Gasteiger partial charge in [-0.15, -0.1) is 22.0 Å². The molecule has 1 aliphatic carbocycles. The van der Waals surface area contributed by atoms with Gasteiger partial charge in [-0.2, -0.15) is 0 Å². The topological polar surface area (TPSA) is 51.8 Å². The van der Waals surface area contributed by atoms with E-state index in [2.05, 4.69) is 93.6 Å². The maximum absolute atomic E-state index is 4.56. The fourth-order valence-electron chi connectivity index (χ4n) is 4.29. The number of thioether (sulfide) groups is 1. The summed E-state index contributed by atoms with van der Waals surface area (Å²) in [6.45, 7) is 8.60. The molecule has 0 saturated carbocycles. The third-order valence-corrected chi connectivity index (χ3v) is 7.20. The SMILES string of the molecule is CSc1ccc(-n2cnnc2C2=CC(C(C)C)CC=C(C)C2)cc1N(C)CCn1ccnc1. The maximum atomic E-state index is 4.56. The third kappa shape index (κ3) is 5.41. The fraction of sp³-hybridized carbons (Fsp3) is 0.423. The lowest BCUT2D eigenvalue weighted by atomic mass is 9.91. The van der Waals surface area contributed by atoms with Crippen molar-refractivity contribution in [3.8, 4) is 5.69 Å². The Morgan fingerprint density at radius 1 is 1.24 bits per heavy atom. The zero-order valence-electron chi connectivity index (χ0n) is 20.3. The van der Waals surface area contributed by atoms with Crippen molar-refractivity contribution in [3.63, 3.8) is 0 Å². The first-order valence-electron chi connectivity index (χ1n) is 11.6. The normalized spacial score (nSPS) is 16.5. The van der Waals surface area contributed by atoms with E-state index in [4.69, 9.17) is 0 Å². The van der Waals surface area contributed by atoms with E-state index in [0.717, 1.165) is 37.4 Å². The minimum Gasteiger partial charge on any atom is -0.372 e. The summed E-state index contributed by atoms with van der Waals surface area (Å²) in [6, 6.07) is 6.63. The Morgan fingerprint density at radius 3 is 2.82 bits per heavy atom. The molecule has 0 saturated heterocycles. The molecule has 1 unspecified atom stereocenters. The van der Waals surface area contributed by atoms with Crippen LogP contribution in [0, 0.1) is 11.8 Å². The quantitative estimate of drug-likeness (QED) is 0.317. The van der Waals surface area contributed by atoms with Crippen LogP contribution in [0.3, 0.4) is 0 Å². The number of anilines is 1. The van der Waals surface area contributed by atoms with E-state index in [1.807, 2.05) is 25.0 Å². The highest BCUT2D eigenvalue weighted by Crippen LogP contribution is 2.34. The molecule has 174 valence electrons. The molecule has 7 heteroatoms. The van der Waals surface area contributed by atoms with E-state index in [0.29, 0.717) is 11.8 Å². The Morgan fingerprint density at radius 2 is 2.09 bits per heavy atom. The minimum absolute atomic E-state index is 0.520. The molecule has 6 nitrogen and oxygen atoms in total. The second-order valence-electron chi connectivity index (χ2n) is 9.17. The number of hydrogen-bond acceptors (Lipinski definition) is 5. The summed E-state index contributed by atoms with van der Waals surface area (Å²) in [7, 11) is 2.15. The summed E-state index contributed by atoms with van der Waals surface area (Å²) < 4.78 is 4.25. The van der Waals surface area contributed by atoms with Gasteiger partial charge in [-0.25, -0.2) is 4.98 Å². The zero-order chi connectivity index (χ0) is 23.4. The van der Waals surface area contributed by atoms with Crippen LogP contribution in [-0.2, 0) is 6.54 Å². The van der Waals surface area contributed by atoms with Crippen LogP contribution in [0.25, 0.3) is 11.3 Å². The molecule has 1 aromatic carbocycles. The van der Waals surface area contributed by atoms with Gasteiger partial charge < -0.3 is 9.47 Å². The standard InChI is InChI=1S/C26H34N6S/c1-19(2)21-7-6-20(3)14-22(15-21)26-29-28-18-32(26)23-8-9-25(33-5)24(16-23)30(4)12-13-31-11-10-27-17-31/h6,8-11,15-19,21H,7,12-14H2,1-5H3. The second-order valence-corrected chi connectivity index (χ2v) is 10.0. The molecule has 0 N–H and O–H groups in total. The Kier molecular flexibility index (Phi) is 7.38. The monoisotopic (exact) mass is 462 g/mol. The Labute approximate surface area is 201 Å². The summed E-state index contributed by atoms with van der Waals surface area (Å²) in [5.74, 6) is 2.06. The van der Waals surface area contributed by atoms with Crippen molar-refractivity contribution >= 4 is 23.0 Å². The van der Waals surface area contributed by atoms with Crippen molar-refractivity contribution < 1.29 is 0 Å². The number of nitrogens with zero attached hydrogens (tertiary/aromatic N) is 6. The van der Waals surface area contributed by atoms with Crippen molar-refractivity contribution in [1.29, 1.82) is 0 Å². The summed E-state index contributed by atoms with van der Waals surface area (Å²) in [4.78, 5) is 7.72. The van der Waals surface area contributed by atoms with Gasteiger partial charge in [0.15, 0.2) is 5.82 Å². The first-order valence-corrected chi connectivity index (χ1v) is 12.8. The lowest BCUT2D eigenvalue weighted by Crippen LogP contribution is -2.23. The van der Waals surface area contributed by atoms with Crippen LogP contribution in [0.15, 0.2) is 65.9 Å². The molecule has 4 rings (SSSR count). The number of imidazole rings is 1. The molecular weight excluding hydrogens is 428 g/mol. The Hall–Kier alpha value is -2.80. The van der Waals surface area contributed by atoms with Gasteiger partial charge in [-0.1, -0.05) is 31.6 Å². The molecule has 0 fully saturated rings. The number of allylic oxidation sites excluding steroid dienone is 4. The average Bonchev–Trinajstić information content (AvgIpc) is 3.47. The van der Waals surface area contributed by atoms with Gasteiger partial charge in [-0.3, -0.25) is 4.57 Å². The first-order chi connectivity index (χ1) is 16.0. The number of likely N-dealkylation sites (N-methyl/N-ethyl adjacent to an activating group) is 1. The van der Waals surface area contributed by atoms with Crippen LogP contribution >= 0.6 is 11.8 Å². The van der Waals surface area contributed by atoms with Gasteiger partial charge in [0, 0.05) is 37.4 Å². The van der Waals surface area contributed by atoms with Crippen LogP contribution in [0.4, 0.5) is 5.69 Å². The summed E-state index contributed by atoms with van der Waals surface area (Å²) in [5, 5.41) is 8.87. The lowest BCUT2D eigenvalue weighted by Gasteiger charge is -2.23.